The van der Waals surface area contributed by atoms with Gasteiger partial charge in [0.05, 0.1) is 17.0 Å². The summed E-state index contributed by atoms with van der Waals surface area (Å²) in [6.45, 7) is 2.22. The number of hydrogen-bond acceptors (Lipinski definition) is 2. The van der Waals surface area contributed by atoms with E-state index in [4.69, 9.17) is 5.11 Å². The van der Waals surface area contributed by atoms with Gasteiger partial charge in [-0.25, -0.2) is 4.79 Å². The highest BCUT2D eigenvalue weighted by Gasteiger charge is 2.35. The first-order valence-corrected chi connectivity index (χ1v) is 9.35. The third-order valence-corrected chi connectivity index (χ3v) is 5.57. The van der Waals surface area contributed by atoms with E-state index in [1.54, 1.807) is 12.1 Å². The zero-order chi connectivity index (χ0) is 17.4. The average Bonchev–Trinajstić information content (AvgIpc) is 2.62. The molecule has 0 bridgehead atoms. The van der Waals surface area contributed by atoms with Crippen LogP contribution in [0.1, 0.15) is 93.0 Å². The van der Waals surface area contributed by atoms with E-state index in [1.165, 1.54) is 37.7 Å². The van der Waals surface area contributed by atoms with Crippen molar-refractivity contribution in [1.82, 2.24) is 0 Å². The molecule has 1 fully saturated rings. The molecule has 1 aliphatic rings. The molecule has 1 N–H and O–H groups in total. The van der Waals surface area contributed by atoms with Crippen LogP contribution in [0.4, 0.5) is 0 Å². The second kappa shape index (κ2) is 8.87. The van der Waals surface area contributed by atoms with Crippen molar-refractivity contribution in [3.63, 3.8) is 0 Å². The van der Waals surface area contributed by atoms with Gasteiger partial charge in [-0.3, -0.25) is 0 Å². The van der Waals surface area contributed by atoms with Crippen LogP contribution in [0.25, 0.3) is 0 Å². The van der Waals surface area contributed by atoms with Crippen molar-refractivity contribution in [3.05, 3.63) is 35.4 Å². The maximum atomic E-state index is 10.9. The Morgan fingerprint density at radius 1 is 1.17 bits per heavy atom. The summed E-state index contributed by atoms with van der Waals surface area (Å²) >= 11 is 0. The maximum absolute atomic E-state index is 10.9. The fourth-order valence-electron chi connectivity index (χ4n) is 3.89. The minimum absolute atomic E-state index is 0.121. The lowest BCUT2D eigenvalue weighted by atomic mass is 9.67. The van der Waals surface area contributed by atoms with E-state index in [9.17, 15) is 10.1 Å². The second-order valence-electron chi connectivity index (χ2n) is 7.26. The SMILES string of the molecule is CCCCCCCC1(C#N)CCC(c2ccc(C(=O)O)cc2)CC1. The van der Waals surface area contributed by atoms with Crippen LogP contribution in [0.5, 0.6) is 0 Å². The normalized spacial score (nSPS) is 23.6. The number of carboxylic acids is 1. The van der Waals surface area contributed by atoms with E-state index in [-0.39, 0.29) is 5.41 Å². The molecule has 1 aromatic rings. The van der Waals surface area contributed by atoms with Crippen molar-refractivity contribution in [3.8, 4) is 6.07 Å². The van der Waals surface area contributed by atoms with Gasteiger partial charge in [0.15, 0.2) is 0 Å². The number of carbonyl (C=O) groups is 1. The van der Waals surface area contributed by atoms with Crippen molar-refractivity contribution in [2.45, 2.75) is 77.0 Å². The molecule has 130 valence electrons. The van der Waals surface area contributed by atoms with Crippen molar-refractivity contribution in [2.75, 3.05) is 0 Å². The van der Waals surface area contributed by atoms with Crippen LogP contribution in [0.3, 0.4) is 0 Å². The third-order valence-electron chi connectivity index (χ3n) is 5.57. The van der Waals surface area contributed by atoms with Crippen molar-refractivity contribution in [1.29, 1.82) is 5.26 Å². The summed E-state index contributed by atoms with van der Waals surface area (Å²) < 4.78 is 0. The molecule has 1 saturated carbocycles. The summed E-state index contributed by atoms with van der Waals surface area (Å²) in [7, 11) is 0. The Balaban J connectivity index is 1.86. The van der Waals surface area contributed by atoms with Crippen molar-refractivity contribution >= 4 is 5.97 Å². The van der Waals surface area contributed by atoms with E-state index in [0.29, 0.717) is 11.5 Å². The Labute approximate surface area is 145 Å². The molecule has 0 atom stereocenters. The summed E-state index contributed by atoms with van der Waals surface area (Å²) in [4.78, 5) is 10.9. The number of aromatic carboxylic acids is 1. The molecular formula is C21H29NO2. The van der Waals surface area contributed by atoms with E-state index in [1.807, 2.05) is 12.1 Å². The summed E-state index contributed by atoms with van der Waals surface area (Å²) in [6.07, 6.45) is 11.3. The molecule has 0 unspecified atom stereocenters. The molecule has 3 heteroatoms. The summed E-state index contributed by atoms with van der Waals surface area (Å²) in [5, 5.41) is 18.7. The molecule has 1 aromatic carbocycles. The molecule has 0 aromatic heterocycles. The second-order valence-corrected chi connectivity index (χ2v) is 7.26. The fourth-order valence-corrected chi connectivity index (χ4v) is 3.89. The number of hydrogen-bond donors (Lipinski definition) is 1. The Morgan fingerprint density at radius 2 is 1.79 bits per heavy atom. The highest BCUT2D eigenvalue weighted by atomic mass is 16.4. The lowest BCUT2D eigenvalue weighted by Crippen LogP contribution is -2.25. The van der Waals surface area contributed by atoms with E-state index < -0.39 is 5.97 Å². The van der Waals surface area contributed by atoms with Crippen LogP contribution < -0.4 is 0 Å². The summed E-state index contributed by atoms with van der Waals surface area (Å²) in [5.41, 5.74) is 1.44. The third kappa shape index (κ3) is 4.84. The number of nitriles is 1. The Hall–Kier alpha value is -1.82. The smallest absolute Gasteiger partial charge is 0.335 e. The van der Waals surface area contributed by atoms with Crippen LogP contribution in [-0.4, -0.2) is 11.1 Å². The topological polar surface area (TPSA) is 61.1 Å². The first kappa shape index (κ1) is 18.5. The zero-order valence-electron chi connectivity index (χ0n) is 14.8. The van der Waals surface area contributed by atoms with E-state index >= 15 is 0 Å². The zero-order valence-corrected chi connectivity index (χ0v) is 14.8. The Kier molecular flexibility index (Phi) is 6.85. The van der Waals surface area contributed by atoms with Gasteiger partial charge in [0, 0.05) is 0 Å². The van der Waals surface area contributed by atoms with Gasteiger partial charge in [-0.1, -0.05) is 51.2 Å². The lowest BCUT2D eigenvalue weighted by Gasteiger charge is -2.35. The number of nitrogens with zero attached hydrogens (tertiary/aromatic N) is 1. The highest BCUT2D eigenvalue weighted by molar-refractivity contribution is 5.87. The predicted molar refractivity (Wildman–Crippen MR) is 96.0 cm³/mol. The Morgan fingerprint density at radius 3 is 2.33 bits per heavy atom. The van der Waals surface area contributed by atoms with Gasteiger partial charge >= 0.3 is 5.97 Å². The average molecular weight is 327 g/mol. The summed E-state index contributed by atoms with van der Waals surface area (Å²) in [5.74, 6) is -0.411. The first-order valence-electron chi connectivity index (χ1n) is 9.35. The fraction of sp³-hybridized carbons (Fsp3) is 0.619. The van der Waals surface area contributed by atoms with Gasteiger partial charge in [0.25, 0.3) is 0 Å². The first-order chi connectivity index (χ1) is 11.6. The minimum atomic E-state index is -0.878. The largest absolute Gasteiger partial charge is 0.478 e. The molecule has 24 heavy (non-hydrogen) atoms. The molecule has 0 radical (unpaired) electrons. The van der Waals surface area contributed by atoms with Gasteiger partial charge in [0.1, 0.15) is 0 Å². The van der Waals surface area contributed by atoms with Gasteiger partial charge in [-0.05, 0) is 55.7 Å². The van der Waals surface area contributed by atoms with Gasteiger partial charge in [0.2, 0.25) is 0 Å². The molecule has 0 saturated heterocycles. The van der Waals surface area contributed by atoms with Gasteiger partial charge < -0.3 is 5.11 Å². The van der Waals surface area contributed by atoms with Crippen LogP contribution in [0.2, 0.25) is 0 Å². The molecular weight excluding hydrogens is 298 g/mol. The molecule has 0 heterocycles. The quantitative estimate of drug-likeness (QED) is 0.603. The van der Waals surface area contributed by atoms with E-state index in [0.717, 1.165) is 32.1 Å². The van der Waals surface area contributed by atoms with Crippen LogP contribution >= 0.6 is 0 Å². The Bertz CT molecular complexity index is 562. The van der Waals surface area contributed by atoms with Gasteiger partial charge in [-0.15, -0.1) is 0 Å². The number of benzene rings is 1. The molecule has 0 aliphatic heterocycles. The molecule has 2 rings (SSSR count). The monoisotopic (exact) mass is 327 g/mol. The van der Waals surface area contributed by atoms with Crippen LogP contribution in [-0.2, 0) is 0 Å². The number of carboxylic acid groups (broad SMARTS) is 1. The molecule has 0 spiro atoms. The molecule has 1 aliphatic carbocycles. The summed E-state index contributed by atoms with van der Waals surface area (Å²) in [6, 6.07) is 9.90. The standard InChI is InChI=1S/C21H29NO2/c1-2-3-4-5-6-13-21(16-22)14-11-18(12-15-21)17-7-9-19(10-8-17)20(23)24/h7-10,18H,2-6,11-15H2,1H3,(H,23,24). The number of unbranched alkanes of at least 4 members (excludes halogenated alkanes) is 4. The highest BCUT2D eigenvalue weighted by Crippen LogP contribution is 2.45. The minimum Gasteiger partial charge on any atom is -0.478 e. The van der Waals surface area contributed by atoms with Crippen molar-refractivity contribution in [2.24, 2.45) is 5.41 Å². The maximum Gasteiger partial charge on any atom is 0.335 e. The van der Waals surface area contributed by atoms with Crippen LogP contribution in [0.15, 0.2) is 24.3 Å². The van der Waals surface area contributed by atoms with E-state index in [2.05, 4.69) is 13.0 Å². The predicted octanol–water partition coefficient (Wildman–Crippen LogP) is 5.91. The van der Waals surface area contributed by atoms with Gasteiger partial charge in [-0.2, -0.15) is 5.26 Å². The molecule has 3 nitrogen and oxygen atoms in total. The number of rotatable bonds is 8. The lowest BCUT2D eigenvalue weighted by molar-refractivity contribution is 0.0697. The van der Waals surface area contributed by atoms with Crippen LogP contribution in [0, 0.1) is 16.7 Å². The molecule has 0 amide bonds. The van der Waals surface area contributed by atoms with Crippen molar-refractivity contribution < 1.29 is 9.90 Å².